The second-order valence-electron chi connectivity index (χ2n) is 5.49. The standard InChI is InChI=1S/C18H15BrFN3OS/c1-12-17(24)23(11-14-4-8-16(20)9-5-14)18(25-12)22-21-10-13-2-6-15(19)7-3-13/h2-10,12H,11H2,1H3/b21-10-,22-18-/t12-/m0/s1. The van der Waals surface area contributed by atoms with Crippen LogP contribution >= 0.6 is 27.7 Å². The summed E-state index contributed by atoms with van der Waals surface area (Å²) in [6, 6.07) is 13.8. The van der Waals surface area contributed by atoms with Crippen molar-refractivity contribution in [3.8, 4) is 0 Å². The van der Waals surface area contributed by atoms with Gasteiger partial charge in [0, 0.05) is 4.47 Å². The summed E-state index contributed by atoms with van der Waals surface area (Å²) in [6.07, 6.45) is 1.64. The number of amides is 1. The van der Waals surface area contributed by atoms with Gasteiger partial charge >= 0.3 is 0 Å². The highest BCUT2D eigenvalue weighted by Crippen LogP contribution is 2.28. The van der Waals surface area contributed by atoms with E-state index in [1.807, 2.05) is 31.2 Å². The fraction of sp³-hybridized carbons (Fsp3) is 0.167. The lowest BCUT2D eigenvalue weighted by molar-refractivity contribution is -0.126. The maximum absolute atomic E-state index is 13.0. The third kappa shape index (κ3) is 4.55. The van der Waals surface area contributed by atoms with E-state index in [4.69, 9.17) is 0 Å². The highest BCUT2D eigenvalue weighted by Gasteiger charge is 2.35. The Morgan fingerprint density at radius 2 is 1.88 bits per heavy atom. The SMILES string of the molecule is C[C@@H]1S/C(=N\N=C/c2ccc(Br)cc2)N(Cc2ccc(F)cc2)C1=O. The lowest BCUT2D eigenvalue weighted by Crippen LogP contribution is -2.30. The van der Waals surface area contributed by atoms with Crippen molar-refractivity contribution in [1.82, 2.24) is 4.90 Å². The van der Waals surface area contributed by atoms with Gasteiger partial charge in [0.05, 0.1) is 18.0 Å². The number of benzene rings is 2. The molecule has 1 atom stereocenters. The largest absolute Gasteiger partial charge is 0.284 e. The van der Waals surface area contributed by atoms with Crippen LogP contribution in [0.25, 0.3) is 0 Å². The molecule has 0 radical (unpaired) electrons. The molecule has 0 unspecified atom stereocenters. The Bertz CT molecular complexity index is 821. The van der Waals surface area contributed by atoms with Gasteiger partial charge in [-0.05, 0) is 42.3 Å². The van der Waals surface area contributed by atoms with E-state index >= 15 is 0 Å². The molecule has 25 heavy (non-hydrogen) atoms. The van der Waals surface area contributed by atoms with E-state index in [0.717, 1.165) is 15.6 Å². The smallest absolute Gasteiger partial charge is 0.242 e. The number of rotatable bonds is 4. The topological polar surface area (TPSA) is 45.0 Å². The number of hydrogen-bond donors (Lipinski definition) is 0. The van der Waals surface area contributed by atoms with Gasteiger partial charge in [-0.3, -0.25) is 9.69 Å². The van der Waals surface area contributed by atoms with E-state index in [2.05, 4.69) is 26.1 Å². The molecule has 1 heterocycles. The van der Waals surface area contributed by atoms with E-state index in [-0.39, 0.29) is 17.0 Å². The van der Waals surface area contributed by atoms with Gasteiger partial charge in [-0.2, -0.15) is 5.10 Å². The molecule has 1 aliphatic heterocycles. The molecule has 0 bridgehead atoms. The zero-order chi connectivity index (χ0) is 17.8. The molecule has 128 valence electrons. The third-order valence-corrected chi connectivity index (χ3v) is 5.20. The summed E-state index contributed by atoms with van der Waals surface area (Å²) in [4.78, 5) is 13.9. The molecule has 1 amide bonds. The summed E-state index contributed by atoms with van der Waals surface area (Å²) in [6.45, 7) is 2.19. The quantitative estimate of drug-likeness (QED) is 0.542. The van der Waals surface area contributed by atoms with Crippen molar-refractivity contribution in [3.05, 3.63) is 69.9 Å². The fourth-order valence-electron chi connectivity index (χ4n) is 2.28. The van der Waals surface area contributed by atoms with E-state index < -0.39 is 0 Å². The van der Waals surface area contributed by atoms with Crippen LogP contribution in [-0.2, 0) is 11.3 Å². The lowest BCUT2D eigenvalue weighted by Gasteiger charge is -2.15. The van der Waals surface area contributed by atoms with Crippen molar-refractivity contribution in [2.45, 2.75) is 18.7 Å². The van der Waals surface area contributed by atoms with Crippen LogP contribution < -0.4 is 0 Å². The number of carbonyl (C=O) groups is 1. The second kappa shape index (κ2) is 7.93. The summed E-state index contributed by atoms with van der Waals surface area (Å²) in [5.41, 5.74) is 1.76. The highest BCUT2D eigenvalue weighted by atomic mass is 79.9. The summed E-state index contributed by atoms with van der Waals surface area (Å²) in [7, 11) is 0. The third-order valence-electron chi connectivity index (χ3n) is 3.60. The van der Waals surface area contributed by atoms with Gasteiger partial charge in [0.1, 0.15) is 5.82 Å². The van der Waals surface area contributed by atoms with Crippen LogP contribution in [0.2, 0.25) is 0 Å². The molecule has 0 spiro atoms. The van der Waals surface area contributed by atoms with Crippen molar-refractivity contribution in [2.24, 2.45) is 10.2 Å². The zero-order valence-electron chi connectivity index (χ0n) is 13.4. The zero-order valence-corrected chi connectivity index (χ0v) is 15.8. The van der Waals surface area contributed by atoms with Gasteiger partial charge in [0.2, 0.25) is 5.91 Å². The van der Waals surface area contributed by atoms with Crippen LogP contribution in [0.5, 0.6) is 0 Å². The van der Waals surface area contributed by atoms with Crippen LogP contribution in [0, 0.1) is 5.82 Å². The van der Waals surface area contributed by atoms with E-state index in [1.165, 1.54) is 23.9 Å². The molecule has 0 aromatic heterocycles. The lowest BCUT2D eigenvalue weighted by atomic mass is 10.2. The first-order valence-corrected chi connectivity index (χ1v) is 9.29. The van der Waals surface area contributed by atoms with Crippen molar-refractivity contribution < 1.29 is 9.18 Å². The molecule has 1 saturated heterocycles. The second-order valence-corrected chi connectivity index (χ2v) is 7.71. The van der Waals surface area contributed by atoms with E-state index in [0.29, 0.717) is 11.7 Å². The molecule has 2 aromatic carbocycles. The maximum Gasteiger partial charge on any atom is 0.242 e. The summed E-state index contributed by atoms with van der Waals surface area (Å²) in [5, 5.41) is 8.65. The summed E-state index contributed by atoms with van der Waals surface area (Å²) in [5.74, 6) is -0.320. The minimum absolute atomic E-state index is 0.0214. The molecule has 1 aliphatic rings. The minimum Gasteiger partial charge on any atom is -0.284 e. The number of hydrogen-bond acceptors (Lipinski definition) is 4. The molecule has 3 rings (SSSR count). The van der Waals surface area contributed by atoms with Crippen molar-refractivity contribution in [3.63, 3.8) is 0 Å². The fourth-order valence-corrected chi connectivity index (χ4v) is 3.46. The number of halogens is 2. The van der Waals surface area contributed by atoms with E-state index in [9.17, 15) is 9.18 Å². The Labute approximate surface area is 158 Å². The van der Waals surface area contributed by atoms with Gasteiger partial charge in [0.15, 0.2) is 5.17 Å². The first kappa shape index (κ1) is 17.8. The van der Waals surface area contributed by atoms with Crippen LogP contribution in [0.1, 0.15) is 18.1 Å². The average Bonchev–Trinajstić information content (AvgIpc) is 2.86. The molecule has 1 fully saturated rings. The monoisotopic (exact) mass is 419 g/mol. The Hall–Kier alpha value is -1.99. The van der Waals surface area contributed by atoms with Gasteiger partial charge in [-0.1, -0.05) is 52.0 Å². The number of carbonyl (C=O) groups excluding carboxylic acids is 1. The number of thioether (sulfide) groups is 1. The van der Waals surface area contributed by atoms with Crippen LogP contribution in [0.15, 0.2) is 63.2 Å². The summed E-state index contributed by atoms with van der Waals surface area (Å²) >= 11 is 4.75. The molecule has 7 heteroatoms. The van der Waals surface area contributed by atoms with Gasteiger partial charge < -0.3 is 0 Å². The Balaban J connectivity index is 1.76. The van der Waals surface area contributed by atoms with Gasteiger partial charge in [-0.25, -0.2) is 4.39 Å². The first-order valence-electron chi connectivity index (χ1n) is 7.62. The Morgan fingerprint density at radius 3 is 2.56 bits per heavy atom. The first-order chi connectivity index (χ1) is 12.0. The van der Waals surface area contributed by atoms with Crippen LogP contribution in [0.3, 0.4) is 0 Å². The van der Waals surface area contributed by atoms with Crippen molar-refractivity contribution >= 4 is 45.0 Å². The average molecular weight is 420 g/mol. The predicted octanol–water partition coefficient (Wildman–Crippen LogP) is 4.44. The summed E-state index contributed by atoms with van der Waals surface area (Å²) < 4.78 is 14.0. The number of amidine groups is 1. The molecule has 2 aromatic rings. The molecular formula is C18H15BrFN3OS. The van der Waals surface area contributed by atoms with Crippen LogP contribution in [-0.4, -0.2) is 27.4 Å². The predicted molar refractivity (Wildman–Crippen MR) is 103 cm³/mol. The molecule has 4 nitrogen and oxygen atoms in total. The van der Waals surface area contributed by atoms with Gasteiger partial charge in [0.25, 0.3) is 0 Å². The van der Waals surface area contributed by atoms with Crippen LogP contribution in [0.4, 0.5) is 4.39 Å². The Kier molecular flexibility index (Phi) is 5.65. The number of nitrogens with zero attached hydrogens (tertiary/aromatic N) is 3. The van der Waals surface area contributed by atoms with E-state index in [1.54, 1.807) is 23.2 Å². The van der Waals surface area contributed by atoms with Crippen molar-refractivity contribution in [2.75, 3.05) is 0 Å². The van der Waals surface area contributed by atoms with Gasteiger partial charge in [-0.15, -0.1) is 5.10 Å². The highest BCUT2D eigenvalue weighted by molar-refractivity contribution is 9.10. The van der Waals surface area contributed by atoms with Crippen molar-refractivity contribution in [1.29, 1.82) is 0 Å². The normalized spacial score (nSPS) is 19.3. The molecule has 0 N–H and O–H groups in total. The maximum atomic E-state index is 13.0. The Morgan fingerprint density at radius 1 is 1.20 bits per heavy atom. The molecular weight excluding hydrogens is 405 g/mol. The molecule has 0 saturated carbocycles. The minimum atomic E-state index is -0.299. The molecule has 0 aliphatic carbocycles.